The Morgan fingerprint density at radius 3 is 0.815 bits per heavy atom. The Balaban J connectivity index is 0.000000111. The molecule has 10 aromatic heterocycles. The number of hydrogen-bond donors (Lipinski definition) is 5. The van der Waals surface area contributed by atoms with Crippen molar-refractivity contribution in [3.8, 4) is 114 Å². The summed E-state index contributed by atoms with van der Waals surface area (Å²) in [6, 6.07) is 35.4. The quantitative estimate of drug-likeness (QED) is 0.0595. The highest BCUT2D eigenvalue weighted by molar-refractivity contribution is 6.33. The molecular formula is C77H59Cl5F6N26O5. The zero-order valence-electron chi connectivity index (χ0n) is 62.1. The van der Waals surface area contributed by atoms with E-state index in [0.29, 0.717) is 92.4 Å². The highest BCUT2D eigenvalue weighted by Crippen LogP contribution is 2.62. The molecule has 1 saturated heterocycles. The lowest BCUT2D eigenvalue weighted by Crippen LogP contribution is -2.44. The van der Waals surface area contributed by atoms with E-state index in [-0.39, 0.29) is 74.7 Å². The van der Waals surface area contributed by atoms with Crippen molar-refractivity contribution in [3.63, 3.8) is 0 Å². The first-order valence-corrected chi connectivity index (χ1v) is 38.1. The number of aromatic nitrogens is 26. The summed E-state index contributed by atoms with van der Waals surface area (Å²) in [5, 5.41) is 50.6. The molecule has 4 saturated carbocycles. The Labute approximate surface area is 691 Å². The number of tetrazole rings is 3. The first kappa shape index (κ1) is 80.4. The number of ether oxygens (including phenoxy) is 1. The van der Waals surface area contributed by atoms with Gasteiger partial charge in [-0.05, 0) is 166 Å². The van der Waals surface area contributed by atoms with Crippen LogP contribution in [0, 0.1) is 0 Å². The molecule has 0 unspecified atom stereocenters. The average molecular weight is 1720 g/mol. The molecule has 5 aromatic carbocycles. The predicted molar refractivity (Wildman–Crippen MR) is 419 cm³/mol. The second-order valence-electron chi connectivity index (χ2n) is 29.3. The van der Waals surface area contributed by atoms with Gasteiger partial charge < -0.3 is 4.74 Å². The van der Waals surface area contributed by atoms with Crippen molar-refractivity contribution < 1.29 is 40.1 Å². The van der Waals surface area contributed by atoms with E-state index in [1.807, 2.05) is 54.6 Å². The molecule has 5 aliphatic rings. The van der Waals surface area contributed by atoms with Gasteiger partial charge in [0.15, 0.2) is 0 Å². The van der Waals surface area contributed by atoms with E-state index in [0.717, 1.165) is 43.7 Å². The van der Waals surface area contributed by atoms with E-state index in [2.05, 4.69) is 174 Å². The number of alkyl halides is 6. The van der Waals surface area contributed by atoms with Crippen LogP contribution in [0.1, 0.15) is 100.0 Å². The second kappa shape index (κ2) is 32.1. The van der Waals surface area contributed by atoms with Gasteiger partial charge in [-0.1, -0.05) is 150 Å². The minimum atomic E-state index is -4.33. The summed E-state index contributed by atoms with van der Waals surface area (Å²) in [7, 11) is 0. The Bertz CT molecular complexity index is 6350. The molecule has 1 aliphatic heterocycles. The van der Waals surface area contributed by atoms with E-state index in [9.17, 15) is 35.9 Å². The third kappa shape index (κ3) is 17.1. The van der Waals surface area contributed by atoms with Gasteiger partial charge in [0, 0.05) is 58.3 Å². The van der Waals surface area contributed by atoms with Gasteiger partial charge in [0.1, 0.15) is 60.1 Å². The summed E-state index contributed by atoms with van der Waals surface area (Å²) in [6.45, 7) is 8.00. The maximum atomic E-state index is 13.3. The Morgan fingerprint density at radius 2 is 0.597 bits per heavy atom. The second-order valence-corrected chi connectivity index (χ2v) is 31.4. The summed E-state index contributed by atoms with van der Waals surface area (Å²) in [6.07, 6.45) is 3.23. The molecule has 5 N–H and O–H groups in total. The zero-order chi connectivity index (χ0) is 83.2. The number of nitrogens with one attached hydrogen (secondary N) is 5. The van der Waals surface area contributed by atoms with Crippen molar-refractivity contribution in [2.75, 3.05) is 13.2 Å². The van der Waals surface area contributed by atoms with Gasteiger partial charge in [0.25, 0.3) is 0 Å². The van der Waals surface area contributed by atoms with Gasteiger partial charge in [-0.2, -0.15) is 42.0 Å². The number of halogens is 11. The zero-order valence-corrected chi connectivity index (χ0v) is 65.9. The molecule has 20 rings (SSSR count). The highest BCUT2D eigenvalue weighted by atomic mass is 35.5. The predicted octanol–water partition coefficient (Wildman–Crippen LogP) is 15.8. The number of rotatable bonds is 15. The lowest BCUT2D eigenvalue weighted by molar-refractivity contribution is -0.161. The third-order valence-electron chi connectivity index (χ3n) is 21.2. The average Bonchev–Trinajstić information content (AvgIpc) is 1.58. The number of nitrogens with zero attached hydrogens (tertiary/aromatic N) is 21. The Hall–Kier alpha value is -12.4. The van der Waals surface area contributed by atoms with Crippen LogP contribution in [0.25, 0.3) is 114 Å². The molecule has 604 valence electrons. The molecule has 11 heterocycles. The fourth-order valence-corrected chi connectivity index (χ4v) is 15.4. The topological polar surface area (TPSA) is 419 Å². The van der Waals surface area contributed by atoms with Gasteiger partial charge in [0.2, 0.25) is 29.1 Å². The first-order chi connectivity index (χ1) is 57.1. The third-order valence-corrected chi connectivity index (χ3v) is 22.7. The minimum Gasteiger partial charge on any atom is -0.379 e. The molecule has 0 atom stereocenters. The van der Waals surface area contributed by atoms with E-state index in [4.69, 9.17) is 62.7 Å². The van der Waals surface area contributed by atoms with Crippen molar-refractivity contribution in [2.45, 2.75) is 112 Å². The van der Waals surface area contributed by atoms with Crippen molar-refractivity contribution >= 4 is 58.0 Å². The van der Waals surface area contributed by atoms with E-state index in [1.165, 1.54) is 105 Å². The molecular weight excluding hydrogens is 1660 g/mol. The van der Waals surface area contributed by atoms with Gasteiger partial charge in [-0.3, -0.25) is 19.0 Å². The molecule has 0 spiro atoms. The van der Waals surface area contributed by atoms with Crippen molar-refractivity contribution in [1.29, 1.82) is 0 Å². The maximum Gasteiger partial charge on any atom is 0.439 e. The van der Waals surface area contributed by atoms with Crippen LogP contribution >= 0.6 is 58.0 Å². The molecule has 42 heteroatoms. The minimum absolute atomic E-state index is 0.00290. The molecule has 31 nitrogen and oxygen atoms in total. The summed E-state index contributed by atoms with van der Waals surface area (Å²) in [5.41, 5.74) is 9.92. The summed E-state index contributed by atoms with van der Waals surface area (Å²) < 4.78 is 94.0. The van der Waals surface area contributed by atoms with Gasteiger partial charge >= 0.3 is 23.9 Å². The van der Waals surface area contributed by atoms with Crippen LogP contribution in [-0.4, -0.2) is 158 Å². The molecule has 0 bridgehead atoms. The summed E-state index contributed by atoms with van der Waals surface area (Å²) in [4.78, 5) is 68.5. The van der Waals surface area contributed by atoms with Crippen molar-refractivity contribution in [1.82, 2.24) is 132 Å². The first-order valence-electron chi connectivity index (χ1n) is 36.2. The van der Waals surface area contributed by atoms with Gasteiger partial charge in [-0.25, -0.2) is 59.4 Å². The van der Waals surface area contributed by atoms with Crippen LogP contribution < -0.4 is 11.5 Å². The van der Waals surface area contributed by atoms with Crippen LogP contribution in [0.2, 0.25) is 25.1 Å². The molecule has 0 radical (unpaired) electrons. The van der Waals surface area contributed by atoms with Gasteiger partial charge in [-0.15, -0.1) is 30.6 Å². The fraction of sp³-hybridized carbons (Fsp3) is 0.260. The smallest absolute Gasteiger partial charge is 0.379 e. The standard InChI is InChI=1S/C16H10ClF3N4O2.C16H13ClN4O2.C15H10ClF3N6.C15H13ClN6O.C15H13ClN6/c17-10-5-8(1-2-9(10)15(3-4-15)16(18,19)20)11-6-12(22-7-21-11)13-23-14(25)26-24-13;1-16(4-5-16)10-3-2-9(6-11(10)17)12-7-13(19-8-18-12)14-20-15(22)23-21-14;16-10-5-8(1-2-9(10)14(3-4-14)15(17,18)19)11-6-12(21-7-20-11)13-22-24-25-23-13;1-15(6-23-7-15)10-3-2-9(4-11(10)16)12-5-13(18-8-17-12)14-19-21-22-20-14;1-15(4-5-15)10-3-2-9(6-11(10)16)12-7-13(18-8-17-12)14-19-21-22-20-14/h1-2,5-7H,3-4H2,(H,23,24,25);2-3,6-8H,4-5H2,1H3,(H,20,21,22);1-2,5-7H,3-4H2,(H,22,23,24,25);2-5,8H,6-7H2,1H3,(H,19,20,21,22);2-3,6-8H,4-5H2,1H3,(H,19,20,21,22). The molecule has 0 amide bonds. The molecule has 119 heavy (non-hydrogen) atoms. The lowest BCUT2D eigenvalue weighted by atomic mass is 9.80. The summed E-state index contributed by atoms with van der Waals surface area (Å²) in [5.74, 6) is 0.203. The van der Waals surface area contributed by atoms with Crippen molar-refractivity contribution in [3.05, 3.63) is 227 Å². The van der Waals surface area contributed by atoms with Crippen LogP contribution in [0.3, 0.4) is 0 Å². The highest BCUT2D eigenvalue weighted by Gasteiger charge is 2.66. The SMILES string of the molecule is CC1(c2ccc(-c3cc(-c4nn[nH]n4)ncn3)cc2Cl)CC1.CC1(c2ccc(-c3cc(-c4nn[nH]n4)ncn3)cc2Cl)COC1.CC1(c2ccc(-c3cc(-c4noc(=O)[nH]4)ncn3)cc2Cl)CC1.FC(F)(F)C1(c2ccc(-c3cc(-c4nn[nH]n4)ncn3)cc2Cl)CC1.O=c1[nH]c(-c2cc(-c3ccc(C4(C(F)(F)F)CC4)c(Cl)c3)ncn2)no1. The van der Waals surface area contributed by atoms with E-state index >= 15 is 0 Å². The molecule has 5 fully saturated rings. The van der Waals surface area contributed by atoms with Crippen LogP contribution in [0.15, 0.2) is 172 Å². The molecule has 15 aromatic rings. The number of aromatic amines is 5. The molecule has 4 aliphatic carbocycles. The number of H-pyrrole nitrogens is 5. The lowest BCUT2D eigenvalue weighted by Gasteiger charge is -2.39. The van der Waals surface area contributed by atoms with Crippen LogP contribution in [0.4, 0.5) is 26.3 Å². The summed E-state index contributed by atoms with van der Waals surface area (Å²) >= 11 is 31.7. The number of hydrogen-bond acceptors (Lipinski definition) is 26. The fourth-order valence-electron chi connectivity index (χ4n) is 13.4. The van der Waals surface area contributed by atoms with Crippen LogP contribution in [-0.2, 0) is 31.8 Å². The Kier molecular flexibility index (Phi) is 21.7. The normalized spacial score (nSPS) is 15.8. The largest absolute Gasteiger partial charge is 0.439 e. The van der Waals surface area contributed by atoms with E-state index in [1.54, 1.807) is 18.2 Å². The van der Waals surface area contributed by atoms with Crippen molar-refractivity contribution in [2.24, 2.45) is 0 Å². The monoisotopic (exact) mass is 1720 g/mol. The Morgan fingerprint density at radius 1 is 0.336 bits per heavy atom. The van der Waals surface area contributed by atoms with E-state index < -0.39 is 34.7 Å². The van der Waals surface area contributed by atoms with Gasteiger partial charge in [0.05, 0.1) is 52.5 Å². The number of benzene rings is 5. The maximum absolute atomic E-state index is 13.3. The van der Waals surface area contributed by atoms with Crippen LogP contribution in [0.5, 0.6) is 0 Å².